The van der Waals surface area contributed by atoms with Crippen molar-refractivity contribution in [3.05, 3.63) is 95.1 Å². The third-order valence-corrected chi connectivity index (χ3v) is 9.34. The smallest absolute Gasteiger partial charge is 0.238 e. The zero-order valence-electron chi connectivity index (χ0n) is 24.0. The van der Waals surface area contributed by atoms with Gasteiger partial charge in [0.15, 0.2) is 0 Å². The van der Waals surface area contributed by atoms with E-state index in [2.05, 4.69) is 36.5 Å². The Balaban J connectivity index is 1.12. The van der Waals surface area contributed by atoms with E-state index < -0.39 is 11.8 Å². The summed E-state index contributed by atoms with van der Waals surface area (Å²) in [6.07, 6.45) is 11.4. The van der Waals surface area contributed by atoms with Crippen LogP contribution >= 0.6 is 0 Å². The summed E-state index contributed by atoms with van der Waals surface area (Å²) in [6.45, 7) is 2.24. The van der Waals surface area contributed by atoms with E-state index in [9.17, 15) is 14.4 Å². The molecule has 7 rings (SSSR count). The maximum Gasteiger partial charge on any atom is 0.238 e. The molecule has 41 heavy (non-hydrogen) atoms. The van der Waals surface area contributed by atoms with Crippen molar-refractivity contribution in [3.63, 3.8) is 0 Å². The second kappa shape index (κ2) is 12.0. The van der Waals surface area contributed by atoms with Crippen LogP contribution in [0, 0.1) is 11.8 Å². The molecule has 0 unspecified atom stereocenters. The van der Waals surface area contributed by atoms with Crippen LogP contribution in [0.3, 0.4) is 0 Å². The molecule has 5 nitrogen and oxygen atoms in total. The number of nitrogens with one attached hydrogen (secondary N) is 1. The van der Waals surface area contributed by atoms with Gasteiger partial charge >= 0.3 is 0 Å². The van der Waals surface area contributed by atoms with Crippen molar-refractivity contribution >= 4 is 29.1 Å². The van der Waals surface area contributed by atoms with Gasteiger partial charge < -0.3 is 5.32 Å². The van der Waals surface area contributed by atoms with E-state index in [1.54, 1.807) is 12.1 Å². The van der Waals surface area contributed by atoms with E-state index >= 15 is 0 Å². The van der Waals surface area contributed by atoms with E-state index in [1.165, 1.54) is 49.8 Å². The maximum absolute atomic E-state index is 14.0. The number of amides is 3. The van der Waals surface area contributed by atoms with Gasteiger partial charge in [-0.25, -0.2) is 4.90 Å². The van der Waals surface area contributed by atoms with Crippen molar-refractivity contribution in [3.8, 4) is 0 Å². The minimum atomic E-state index is -0.415. The summed E-state index contributed by atoms with van der Waals surface area (Å²) >= 11 is 0. The lowest BCUT2D eigenvalue weighted by atomic mass is 9.55. The lowest BCUT2D eigenvalue weighted by molar-refractivity contribution is -0.122. The SMILES string of the molecule is CCCCCCCCCCCC(=O)Nc1cccc(N2C(=O)[C@H]3C4c5ccccc5C(c5ccccc54)[C@@H]3C2=O)c1. The Labute approximate surface area is 243 Å². The molecule has 4 aliphatic rings. The van der Waals surface area contributed by atoms with E-state index in [4.69, 9.17) is 0 Å². The number of imide groups is 1. The number of carbonyl (C=O) groups excluding carboxylic acids is 3. The average molecular weight is 549 g/mol. The summed E-state index contributed by atoms with van der Waals surface area (Å²) in [5.74, 6) is -1.39. The van der Waals surface area contributed by atoms with E-state index in [0.717, 1.165) is 35.1 Å². The molecule has 1 saturated heterocycles. The van der Waals surface area contributed by atoms with Crippen molar-refractivity contribution in [1.82, 2.24) is 0 Å². The lowest BCUT2D eigenvalue weighted by Crippen LogP contribution is -2.41. The van der Waals surface area contributed by atoms with E-state index in [0.29, 0.717) is 17.8 Å². The Kier molecular flexibility index (Phi) is 8.04. The fourth-order valence-corrected chi connectivity index (χ4v) is 7.47. The van der Waals surface area contributed by atoms with Crippen LogP contribution in [0.2, 0.25) is 0 Å². The van der Waals surface area contributed by atoms with Gasteiger partial charge in [-0.15, -0.1) is 0 Å². The lowest BCUT2D eigenvalue weighted by Gasteiger charge is -2.45. The normalized spacial score (nSPS) is 21.9. The number of unbranched alkanes of at least 4 members (excludes halogenated alkanes) is 8. The van der Waals surface area contributed by atoms with Gasteiger partial charge in [-0.1, -0.05) is 113 Å². The molecule has 1 N–H and O–H groups in total. The van der Waals surface area contributed by atoms with Crippen LogP contribution in [0.1, 0.15) is 105 Å². The van der Waals surface area contributed by atoms with Crippen LogP contribution in [0.25, 0.3) is 0 Å². The van der Waals surface area contributed by atoms with Gasteiger partial charge in [0.2, 0.25) is 17.7 Å². The number of rotatable bonds is 12. The zero-order valence-corrected chi connectivity index (χ0v) is 24.0. The molecule has 0 saturated carbocycles. The largest absolute Gasteiger partial charge is 0.326 e. The van der Waals surface area contributed by atoms with Crippen LogP contribution in [-0.4, -0.2) is 17.7 Å². The number of benzene rings is 3. The Morgan fingerprint density at radius 3 is 1.66 bits per heavy atom. The molecule has 0 spiro atoms. The van der Waals surface area contributed by atoms with Crippen molar-refractivity contribution in [2.24, 2.45) is 11.8 Å². The summed E-state index contributed by atoms with van der Waals surface area (Å²) in [7, 11) is 0. The highest BCUT2D eigenvalue weighted by molar-refractivity contribution is 6.23. The molecule has 2 bridgehead atoms. The van der Waals surface area contributed by atoms with Gasteiger partial charge in [0, 0.05) is 23.9 Å². The second-order valence-electron chi connectivity index (χ2n) is 12.0. The summed E-state index contributed by atoms with van der Waals surface area (Å²) in [6, 6.07) is 23.8. The van der Waals surface area contributed by atoms with Gasteiger partial charge in [0.1, 0.15) is 0 Å². The molecule has 1 heterocycles. The number of nitrogens with zero attached hydrogens (tertiary/aromatic N) is 1. The molecular weight excluding hydrogens is 508 g/mol. The van der Waals surface area contributed by atoms with Crippen molar-refractivity contribution in [1.29, 1.82) is 0 Å². The average Bonchev–Trinajstić information content (AvgIpc) is 3.26. The third-order valence-electron chi connectivity index (χ3n) is 9.34. The van der Waals surface area contributed by atoms with Crippen LogP contribution in [-0.2, 0) is 14.4 Å². The van der Waals surface area contributed by atoms with Crippen LogP contribution in [0.4, 0.5) is 11.4 Å². The number of hydrogen-bond acceptors (Lipinski definition) is 3. The van der Waals surface area contributed by atoms with E-state index in [-0.39, 0.29) is 29.6 Å². The summed E-state index contributed by atoms with van der Waals surface area (Å²) in [5, 5.41) is 2.99. The Morgan fingerprint density at radius 1 is 0.659 bits per heavy atom. The maximum atomic E-state index is 14.0. The first-order valence-corrected chi connectivity index (χ1v) is 15.6. The fraction of sp³-hybridized carbons (Fsp3) is 0.417. The molecule has 3 aliphatic carbocycles. The minimum absolute atomic E-state index is 0.0261. The number of hydrogen-bond donors (Lipinski definition) is 1. The summed E-state index contributed by atoms with van der Waals surface area (Å²) in [4.78, 5) is 42.1. The standard InChI is InChI=1S/C36H40N2O3/c1-2-3-4-5-6-7-8-9-10-22-30(39)37-24-16-15-17-25(23-24)38-35(40)33-31-26-18-11-12-19-27(26)32(34(33)36(38)41)29-21-14-13-20-28(29)31/h11-21,23,31-34H,2-10,22H2,1H3,(H,37,39)/t31?,32?,33-,34-/m0/s1. The molecule has 0 radical (unpaired) electrons. The first-order valence-electron chi connectivity index (χ1n) is 15.6. The highest BCUT2D eigenvalue weighted by Gasteiger charge is 2.61. The van der Waals surface area contributed by atoms with Crippen molar-refractivity contribution < 1.29 is 14.4 Å². The number of carbonyl (C=O) groups is 3. The van der Waals surface area contributed by atoms with Crippen LogP contribution < -0.4 is 10.2 Å². The molecule has 3 amide bonds. The first-order chi connectivity index (χ1) is 20.1. The minimum Gasteiger partial charge on any atom is -0.326 e. The van der Waals surface area contributed by atoms with Gasteiger partial charge in [0.25, 0.3) is 0 Å². The van der Waals surface area contributed by atoms with Crippen LogP contribution in [0.5, 0.6) is 0 Å². The monoisotopic (exact) mass is 548 g/mol. The quantitative estimate of drug-likeness (QED) is 0.185. The third kappa shape index (κ3) is 5.11. The molecule has 1 fully saturated rings. The van der Waals surface area contributed by atoms with E-state index in [1.807, 2.05) is 36.4 Å². The molecule has 1 aliphatic heterocycles. The molecule has 3 aromatic rings. The molecular formula is C36H40N2O3. The first kappa shape index (κ1) is 27.4. The Morgan fingerprint density at radius 2 is 1.15 bits per heavy atom. The van der Waals surface area contributed by atoms with Gasteiger partial charge in [-0.3, -0.25) is 14.4 Å². The highest BCUT2D eigenvalue weighted by Crippen LogP contribution is 2.61. The molecule has 2 atom stereocenters. The number of anilines is 2. The Hall–Kier alpha value is -3.73. The topological polar surface area (TPSA) is 66.5 Å². The van der Waals surface area contributed by atoms with Crippen LogP contribution in [0.15, 0.2) is 72.8 Å². The second-order valence-corrected chi connectivity index (χ2v) is 12.0. The molecule has 0 aromatic heterocycles. The fourth-order valence-electron chi connectivity index (χ4n) is 7.47. The van der Waals surface area contributed by atoms with Crippen molar-refractivity contribution in [2.75, 3.05) is 10.2 Å². The summed E-state index contributed by atoms with van der Waals surface area (Å²) < 4.78 is 0. The molecule has 3 aromatic carbocycles. The predicted molar refractivity (Wildman–Crippen MR) is 163 cm³/mol. The highest BCUT2D eigenvalue weighted by atomic mass is 16.2. The van der Waals surface area contributed by atoms with Gasteiger partial charge in [-0.2, -0.15) is 0 Å². The van der Waals surface area contributed by atoms with Gasteiger partial charge in [0.05, 0.1) is 17.5 Å². The molecule has 212 valence electrons. The van der Waals surface area contributed by atoms with Gasteiger partial charge in [-0.05, 0) is 46.9 Å². The Bertz CT molecular complexity index is 1330. The summed E-state index contributed by atoms with van der Waals surface area (Å²) in [5.41, 5.74) is 5.81. The zero-order chi connectivity index (χ0) is 28.3. The van der Waals surface area contributed by atoms with Crippen molar-refractivity contribution in [2.45, 2.75) is 83.0 Å². The predicted octanol–water partition coefficient (Wildman–Crippen LogP) is 7.94. The molecule has 5 heteroatoms.